The van der Waals surface area contributed by atoms with Gasteiger partial charge in [0.1, 0.15) is 11.6 Å². The van der Waals surface area contributed by atoms with Crippen molar-refractivity contribution >= 4 is 17.5 Å². The lowest BCUT2D eigenvalue weighted by molar-refractivity contribution is 0.623. The number of aryl methyl sites for hydroxylation is 1. The van der Waals surface area contributed by atoms with Gasteiger partial charge in [-0.25, -0.2) is 9.37 Å². The van der Waals surface area contributed by atoms with Crippen LogP contribution in [0.25, 0.3) is 0 Å². The van der Waals surface area contributed by atoms with E-state index in [2.05, 4.69) is 32.0 Å². The smallest absolute Gasteiger partial charge is 0.227 e. The monoisotopic (exact) mass is 329 g/mol. The molecule has 1 aromatic carbocycles. The number of halogens is 1. The summed E-state index contributed by atoms with van der Waals surface area (Å²) in [7, 11) is 0. The second-order valence-electron chi connectivity index (χ2n) is 6.07. The average molecular weight is 329 g/mol. The standard InChI is InChI=1S/C18H24FN5/c1-3-8-20-17-13-14(2)21-18(22-17)24-11-9-23(10-12-24)16-6-4-15(19)5-7-16/h4-7,13H,3,8-12H2,1-2H3,(H,20,21,22). The van der Waals surface area contributed by atoms with E-state index in [0.717, 1.165) is 62.3 Å². The molecule has 1 N–H and O–H groups in total. The number of nitrogens with zero attached hydrogens (tertiary/aromatic N) is 4. The Hall–Kier alpha value is -2.37. The molecule has 24 heavy (non-hydrogen) atoms. The summed E-state index contributed by atoms with van der Waals surface area (Å²) in [6, 6.07) is 8.67. The van der Waals surface area contributed by atoms with Crippen molar-refractivity contribution in [3.05, 3.63) is 41.8 Å². The Bertz CT molecular complexity index is 666. The largest absolute Gasteiger partial charge is 0.370 e. The summed E-state index contributed by atoms with van der Waals surface area (Å²) in [5, 5.41) is 3.33. The quantitative estimate of drug-likeness (QED) is 0.913. The molecule has 0 unspecified atom stereocenters. The summed E-state index contributed by atoms with van der Waals surface area (Å²) in [5.74, 6) is 1.48. The van der Waals surface area contributed by atoms with E-state index in [1.54, 1.807) is 0 Å². The summed E-state index contributed by atoms with van der Waals surface area (Å²) in [5.41, 5.74) is 2.03. The maximum Gasteiger partial charge on any atom is 0.227 e. The van der Waals surface area contributed by atoms with Crippen LogP contribution in [0.5, 0.6) is 0 Å². The Morgan fingerprint density at radius 2 is 1.71 bits per heavy atom. The first-order valence-electron chi connectivity index (χ1n) is 8.50. The van der Waals surface area contributed by atoms with Crippen LogP contribution in [0.15, 0.2) is 30.3 Å². The van der Waals surface area contributed by atoms with Gasteiger partial charge in [-0.3, -0.25) is 0 Å². The van der Waals surface area contributed by atoms with E-state index >= 15 is 0 Å². The van der Waals surface area contributed by atoms with Crippen molar-refractivity contribution in [2.24, 2.45) is 0 Å². The molecule has 128 valence electrons. The van der Waals surface area contributed by atoms with E-state index in [1.807, 2.05) is 25.1 Å². The zero-order valence-electron chi connectivity index (χ0n) is 14.3. The molecular weight excluding hydrogens is 305 g/mol. The summed E-state index contributed by atoms with van der Waals surface area (Å²) in [6.45, 7) is 8.51. The number of benzene rings is 1. The molecular formula is C18H24FN5. The topological polar surface area (TPSA) is 44.3 Å². The zero-order chi connectivity index (χ0) is 16.9. The van der Waals surface area contributed by atoms with Gasteiger partial charge >= 0.3 is 0 Å². The third-order valence-corrected chi connectivity index (χ3v) is 4.15. The van der Waals surface area contributed by atoms with Gasteiger partial charge in [0, 0.05) is 50.2 Å². The highest BCUT2D eigenvalue weighted by Crippen LogP contribution is 2.20. The van der Waals surface area contributed by atoms with Gasteiger partial charge < -0.3 is 15.1 Å². The Morgan fingerprint density at radius 3 is 2.38 bits per heavy atom. The molecule has 1 aliphatic rings. The van der Waals surface area contributed by atoms with Crippen LogP contribution in [-0.2, 0) is 0 Å². The first kappa shape index (κ1) is 16.5. The number of nitrogens with one attached hydrogen (secondary N) is 1. The molecule has 1 aliphatic heterocycles. The van der Waals surface area contributed by atoms with Gasteiger partial charge in [0.15, 0.2) is 0 Å². The predicted octanol–water partition coefficient (Wildman–Crippen LogP) is 3.07. The first-order chi connectivity index (χ1) is 11.7. The molecule has 0 aliphatic carbocycles. The van der Waals surface area contributed by atoms with E-state index in [0.29, 0.717) is 0 Å². The van der Waals surface area contributed by atoms with Crippen molar-refractivity contribution < 1.29 is 4.39 Å². The third kappa shape index (κ3) is 3.93. The molecule has 0 saturated carbocycles. The van der Waals surface area contributed by atoms with Crippen LogP contribution in [0, 0.1) is 12.7 Å². The van der Waals surface area contributed by atoms with Crippen molar-refractivity contribution in [1.29, 1.82) is 0 Å². The van der Waals surface area contributed by atoms with Crippen LogP contribution in [0.2, 0.25) is 0 Å². The molecule has 0 spiro atoms. The Morgan fingerprint density at radius 1 is 1.04 bits per heavy atom. The molecule has 1 aromatic heterocycles. The minimum atomic E-state index is -0.197. The van der Waals surface area contributed by atoms with Crippen LogP contribution in [0.4, 0.5) is 21.8 Å². The van der Waals surface area contributed by atoms with Gasteiger partial charge in [-0.1, -0.05) is 6.92 Å². The van der Waals surface area contributed by atoms with Crippen molar-refractivity contribution in [1.82, 2.24) is 9.97 Å². The van der Waals surface area contributed by atoms with E-state index in [-0.39, 0.29) is 5.82 Å². The van der Waals surface area contributed by atoms with Gasteiger partial charge in [-0.15, -0.1) is 0 Å². The summed E-state index contributed by atoms with van der Waals surface area (Å²) in [4.78, 5) is 13.7. The normalized spacial score (nSPS) is 14.8. The molecule has 2 heterocycles. The molecule has 5 nitrogen and oxygen atoms in total. The average Bonchev–Trinajstić information content (AvgIpc) is 2.60. The number of piperazine rings is 1. The van der Waals surface area contributed by atoms with Crippen LogP contribution in [0.3, 0.4) is 0 Å². The lowest BCUT2D eigenvalue weighted by Gasteiger charge is -2.36. The van der Waals surface area contributed by atoms with Gasteiger partial charge in [0.05, 0.1) is 0 Å². The van der Waals surface area contributed by atoms with E-state index in [1.165, 1.54) is 12.1 Å². The van der Waals surface area contributed by atoms with Crippen LogP contribution < -0.4 is 15.1 Å². The summed E-state index contributed by atoms with van der Waals surface area (Å²) in [6.07, 6.45) is 1.06. The maximum atomic E-state index is 13.1. The van der Waals surface area contributed by atoms with Crippen molar-refractivity contribution in [3.8, 4) is 0 Å². The van der Waals surface area contributed by atoms with Gasteiger partial charge in [0.25, 0.3) is 0 Å². The highest BCUT2D eigenvalue weighted by molar-refractivity contribution is 5.49. The molecule has 6 heteroatoms. The van der Waals surface area contributed by atoms with Crippen LogP contribution in [-0.4, -0.2) is 42.7 Å². The van der Waals surface area contributed by atoms with Gasteiger partial charge in [-0.05, 0) is 37.6 Å². The maximum absolute atomic E-state index is 13.1. The van der Waals surface area contributed by atoms with Crippen molar-refractivity contribution in [2.45, 2.75) is 20.3 Å². The number of anilines is 3. The second-order valence-corrected chi connectivity index (χ2v) is 6.07. The number of aromatic nitrogens is 2. The SMILES string of the molecule is CCCNc1cc(C)nc(N2CCN(c3ccc(F)cc3)CC2)n1. The minimum Gasteiger partial charge on any atom is -0.370 e. The highest BCUT2D eigenvalue weighted by atomic mass is 19.1. The molecule has 0 bridgehead atoms. The molecule has 0 radical (unpaired) electrons. The van der Waals surface area contributed by atoms with E-state index < -0.39 is 0 Å². The van der Waals surface area contributed by atoms with Crippen molar-refractivity contribution in [2.75, 3.05) is 47.8 Å². The summed E-state index contributed by atoms with van der Waals surface area (Å²) < 4.78 is 13.1. The molecule has 2 aromatic rings. The zero-order valence-corrected chi connectivity index (χ0v) is 14.3. The fourth-order valence-electron chi connectivity index (χ4n) is 2.85. The lowest BCUT2D eigenvalue weighted by Crippen LogP contribution is -2.47. The fourth-order valence-corrected chi connectivity index (χ4v) is 2.85. The number of hydrogen-bond acceptors (Lipinski definition) is 5. The third-order valence-electron chi connectivity index (χ3n) is 4.15. The molecule has 0 atom stereocenters. The lowest BCUT2D eigenvalue weighted by atomic mass is 10.2. The number of rotatable bonds is 5. The molecule has 3 rings (SSSR count). The Balaban J connectivity index is 1.65. The molecule has 1 saturated heterocycles. The van der Waals surface area contributed by atoms with Crippen LogP contribution >= 0.6 is 0 Å². The second kappa shape index (κ2) is 7.47. The van der Waals surface area contributed by atoms with E-state index in [4.69, 9.17) is 0 Å². The van der Waals surface area contributed by atoms with Crippen LogP contribution in [0.1, 0.15) is 19.0 Å². The van der Waals surface area contributed by atoms with Gasteiger partial charge in [0.2, 0.25) is 5.95 Å². The summed E-state index contributed by atoms with van der Waals surface area (Å²) >= 11 is 0. The van der Waals surface area contributed by atoms with Crippen molar-refractivity contribution in [3.63, 3.8) is 0 Å². The Labute approximate surface area is 142 Å². The Kier molecular flexibility index (Phi) is 5.13. The highest BCUT2D eigenvalue weighted by Gasteiger charge is 2.20. The van der Waals surface area contributed by atoms with Gasteiger partial charge in [-0.2, -0.15) is 4.98 Å². The first-order valence-corrected chi connectivity index (χ1v) is 8.50. The predicted molar refractivity (Wildman–Crippen MR) is 96.4 cm³/mol. The number of hydrogen-bond donors (Lipinski definition) is 1. The fraction of sp³-hybridized carbons (Fsp3) is 0.444. The molecule has 1 fully saturated rings. The van der Waals surface area contributed by atoms with E-state index in [9.17, 15) is 4.39 Å². The minimum absolute atomic E-state index is 0.197. The molecule has 0 amide bonds.